The second kappa shape index (κ2) is 9.92. The minimum atomic E-state index is -3.81. The molecule has 0 saturated heterocycles. The second-order valence-electron chi connectivity index (χ2n) is 6.69. The second-order valence-corrected chi connectivity index (χ2v) is 10.0. The summed E-state index contributed by atoms with van der Waals surface area (Å²) in [5, 5.41) is 7.58. The van der Waals surface area contributed by atoms with Gasteiger partial charge in [0.25, 0.3) is 5.91 Å². The van der Waals surface area contributed by atoms with Crippen molar-refractivity contribution in [1.82, 2.24) is 4.72 Å². The molecular formula is C21H21N3O6S2. The Labute approximate surface area is 186 Å². The third kappa shape index (κ3) is 6.62. The molecular weight excluding hydrogens is 454 g/mol. The highest BCUT2D eigenvalue weighted by Crippen LogP contribution is 2.17. The number of carbonyl (C=O) groups excluding carboxylic acids is 1. The number of anilines is 1. The van der Waals surface area contributed by atoms with Crippen molar-refractivity contribution in [3.05, 3.63) is 84.4 Å². The van der Waals surface area contributed by atoms with Crippen molar-refractivity contribution >= 4 is 31.6 Å². The number of amides is 1. The maximum absolute atomic E-state index is 12.4. The Balaban J connectivity index is 1.52. The number of sulfonamides is 2. The number of hydrogen-bond acceptors (Lipinski definition) is 6. The van der Waals surface area contributed by atoms with Crippen molar-refractivity contribution in [1.29, 1.82) is 0 Å². The summed E-state index contributed by atoms with van der Waals surface area (Å²) in [7, 11) is -7.51. The van der Waals surface area contributed by atoms with Gasteiger partial charge in [-0.15, -0.1) is 0 Å². The zero-order valence-corrected chi connectivity index (χ0v) is 18.4. The number of carbonyl (C=O) groups is 1. The molecule has 9 nitrogen and oxygen atoms in total. The van der Waals surface area contributed by atoms with Gasteiger partial charge in [-0.25, -0.2) is 26.7 Å². The predicted octanol–water partition coefficient (Wildman–Crippen LogP) is 1.83. The van der Waals surface area contributed by atoms with Gasteiger partial charge in [0.05, 0.1) is 9.79 Å². The quantitative estimate of drug-likeness (QED) is 0.431. The molecule has 0 atom stereocenters. The molecule has 0 bridgehead atoms. The number of nitrogens with two attached hydrogens (primary N) is 1. The van der Waals surface area contributed by atoms with Crippen molar-refractivity contribution in [2.24, 2.45) is 5.14 Å². The average Bonchev–Trinajstić information content (AvgIpc) is 2.77. The van der Waals surface area contributed by atoms with Crippen molar-refractivity contribution in [3.63, 3.8) is 0 Å². The molecule has 3 rings (SSSR count). The molecule has 0 unspecified atom stereocenters. The summed E-state index contributed by atoms with van der Waals surface area (Å²) in [6.45, 7) is -0.158. The highest BCUT2D eigenvalue weighted by Gasteiger charge is 2.14. The Hall–Kier alpha value is -3.25. The molecule has 168 valence electrons. The van der Waals surface area contributed by atoms with Crippen LogP contribution in [-0.4, -0.2) is 29.3 Å². The summed E-state index contributed by atoms with van der Waals surface area (Å²) in [5.41, 5.74) is 1.21. The van der Waals surface area contributed by atoms with E-state index in [0.717, 1.165) is 5.56 Å². The van der Waals surface area contributed by atoms with Gasteiger partial charge < -0.3 is 10.1 Å². The summed E-state index contributed by atoms with van der Waals surface area (Å²) in [6.07, 6.45) is 0. The maximum Gasteiger partial charge on any atom is 0.262 e. The van der Waals surface area contributed by atoms with E-state index in [9.17, 15) is 21.6 Å². The van der Waals surface area contributed by atoms with Crippen molar-refractivity contribution in [2.45, 2.75) is 16.3 Å². The van der Waals surface area contributed by atoms with E-state index < -0.39 is 26.0 Å². The van der Waals surface area contributed by atoms with Crippen LogP contribution in [0.1, 0.15) is 5.56 Å². The van der Waals surface area contributed by atoms with Gasteiger partial charge in [-0.3, -0.25) is 4.79 Å². The first-order valence-corrected chi connectivity index (χ1v) is 12.4. The third-order valence-electron chi connectivity index (χ3n) is 4.28. The molecule has 0 aliphatic rings. The zero-order valence-electron chi connectivity index (χ0n) is 16.8. The fourth-order valence-corrected chi connectivity index (χ4v) is 4.18. The van der Waals surface area contributed by atoms with Crippen molar-refractivity contribution < 1.29 is 26.4 Å². The van der Waals surface area contributed by atoms with Crippen LogP contribution in [0.3, 0.4) is 0 Å². The van der Waals surface area contributed by atoms with Crippen LogP contribution in [-0.2, 0) is 31.4 Å². The van der Waals surface area contributed by atoms with Gasteiger partial charge in [-0.2, -0.15) is 0 Å². The van der Waals surface area contributed by atoms with Gasteiger partial charge in [0, 0.05) is 12.2 Å². The Morgan fingerprint density at radius 3 is 2.00 bits per heavy atom. The van der Waals surface area contributed by atoms with Crippen LogP contribution in [0.25, 0.3) is 0 Å². The average molecular weight is 476 g/mol. The van der Waals surface area contributed by atoms with Gasteiger partial charge in [0.2, 0.25) is 20.0 Å². The van der Waals surface area contributed by atoms with Crippen LogP contribution in [0.4, 0.5) is 5.69 Å². The van der Waals surface area contributed by atoms with E-state index in [4.69, 9.17) is 9.88 Å². The molecule has 0 aromatic heterocycles. The van der Waals surface area contributed by atoms with Crippen LogP contribution in [0.5, 0.6) is 5.75 Å². The maximum atomic E-state index is 12.4. The first kappa shape index (κ1) is 23.4. The topological polar surface area (TPSA) is 145 Å². The summed E-state index contributed by atoms with van der Waals surface area (Å²) >= 11 is 0. The lowest BCUT2D eigenvalue weighted by atomic mass is 10.2. The minimum Gasteiger partial charge on any atom is -0.484 e. The highest BCUT2D eigenvalue weighted by atomic mass is 32.2. The Morgan fingerprint density at radius 1 is 0.812 bits per heavy atom. The summed E-state index contributed by atoms with van der Waals surface area (Å²) in [6, 6.07) is 20.2. The number of hydrogen-bond donors (Lipinski definition) is 3. The van der Waals surface area contributed by atoms with Crippen molar-refractivity contribution in [2.75, 3.05) is 11.9 Å². The van der Waals surface area contributed by atoms with Gasteiger partial charge in [-0.05, 0) is 54.1 Å². The molecule has 0 radical (unpaired) electrons. The molecule has 0 aliphatic heterocycles. The fraction of sp³-hybridized carbons (Fsp3) is 0.0952. The molecule has 4 N–H and O–H groups in total. The number of rotatable bonds is 9. The van der Waals surface area contributed by atoms with Crippen LogP contribution in [0.15, 0.2) is 88.7 Å². The first-order chi connectivity index (χ1) is 15.1. The van der Waals surface area contributed by atoms with E-state index in [1.54, 1.807) is 0 Å². The number of ether oxygens (including phenoxy) is 1. The van der Waals surface area contributed by atoms with E-state index >= 15 is 0 Å². The van der Waals surface area contributed by atoms with E-state index in [1.165, 1.54) is 48.5 Å². The van der Waals surface area contributed by atoms with E-state index in [2.05, 4.69) is 10.0 Å². The van der Waals surface area contributed by atoms with E-state index in [0.29, 0.717) is 11.4 Å². The van der Waals surface area contributed by atoms with E-state index in [-0.39, 0.29) is 22.9 Å². The Kier molecular flexibility index (Phi) is 7.26. The molecule has 0 saturated carbocycles. The fourth-order valence-electron chi connectivity index (χ4n) is 2.65. The molecule has 32 heavy (non-hydrogen) atoms. The summed E-state index contributed by atoms with van der Waals surface area (Å²) < 4.78 is 55.2. The number of nitrogens with one attached hydrogen (secondary N) is 2. The predicted molar refractivity (Wildman–Crippen MR) is 119 cm³/mol. The number of benzene rings is 3. The molecule has 11 heteroatoms. The molecule has 3 aromatic carbocycles. The monoisotopic (exact) mass is 475 g/mol. The normalized spacial score (nSPS) is 11.7. The molecule has 0 fully saturated rings. The van der Waals surface area contributed by atoms with Crippen LogP contribution < -0.4 is 19.9 Å². The van der Waals surface area contributed by atoms with Gasteiger partial charge >= 0.3 is 0 Å². The van der Waals surface area contributed by atoms with Gasteiger partial charge in [0.15, 0.2) is 6.61 Å². The van der Waals surface area contributed by atoms with Crippen LogP contribution in [0, 0.1) is 0 Å². The third-order valence-corrected chi connectivity index (χ3v) is 6.63. The Morgan fingerprint density at radius 2 is 1.41 bits per heavy atom. The zero-order chi connectivity index (χ0) is 23.2. The first-order valence-electron chi connectivity index (χ1n) is 9.33. The lowest BCUT2D eigenvalue weighted by Crippen LogP contribution is -2.23. The molecule has 0 aliphatic carbocycles. The standard InChI is InChI=1S/C21H21N3O6S2/c22-31(26,27)19-10-6-17(7-11-19)24-21(25)15-30-18-8-12-20(13-9-18)32(28,29)23-14-16-4-2-1-3-5-16/h1-13,23H,14-15H2,(H,24,25)(H2,22,26,27). The SMILES string of the molecule is NS(=O)(=O)c1ccc(NC(=O)COc2ccc(S(=O)(=O)NCc3ccccc3)cc2)cc1. The van der Waals surface area contributed by atoms with Crippen LogP contribution >= 0.6 is 0 Å². The van der Waals surface area contributed by atoms with Crippen LogP contribution in [0.2, 0.25) is 0 Å². The molecule has 1 amide bonds. The lowest BCUT2D eigenvalue weighted by Gasteiger charge is -2.10. The summed E-state index contributed by atoms with van der Waals surface area (Å²) in [5.74, 6) is -0.165. The van der Waals surface area contributed by atoms with Crippen molar-refractivity contribution in [3.8, 4) is 5.75 Å². The minimum absolute atomic E-state index is 0.0694. The molecule has 0 spiro atoms. The Bertz CT molecular complexity index is 1280. The molecule has 3 aromatic rings. The highest BCUT2D eigenvalue weighted by molar-refractivity contribution is 7.89. The van der Waals surface area contributed by atoms with Gasteiger partial charge in [0.1, 0.15) is 5.75 Å². The largest absolute Gasteiger partial charge is 0.484 e. The number of primary sulfonamides is 1. The smallest absolute Gasteiger partial charge is 0.262 e. The van der Waals surface area contributed by atoms with E-state index in [1.807, 2.05) is 30.3 Å². The lowest BCUT2D eigenvalue weighted by molar-refractivity contribution is -0.118. The molecule has 0 heterocycles. The summed E-state index contributed by atoms with van der Waals surface area (Å²) in [4.78, 5) is 12.0. The van der Waals surface area contributed by atoms with Gasteiger partial charge in [-0.1, -0.05) is 30.3 Å².